The van der Waals surface area contributed by atoms with Crippen molar-refractivity contribution in [2.45, 2.75) is 18.5 Å². The fourth-order valence-electron chi connectivity index (χ4n) is 3.52. The first-order valence-corrected chi connectivity index (χ1v) is 10.1. The molecule has 1 aliphatic rings. The first-order chi connectivity index (χ1) is 11.5. The van der Waals surface area contributed by atoms with Crippen LogP contribution in [0.5, 0.6) is 0 Å². The molecule has 1 aliphatic heterocycles. The summed E-state index contributed by atoms with van der Waals surface area (Å²) in [6.07, 6.45) is 0.677. The van der Waals surface area contributed by atoms with E-state index in [2.05, 4.69) is 29.3 Å². The molecular weight excluding hydrogens is 320 g/mol. The lowest BCUT2D eigenvalue weighted by Crippen LogP contribution is -2.48. The van der Waals surface area contributed by atoms with Crippen LogP contribution in [0.1, 0.15) is 23.6 Å². The molecule has 0 saturated carbocycles. The van der Waals surface area contributed by atoms with E-state index < -0.39 is 9.84 Å². The van der Waals surface area contributed by atoms with E-state index in [9.17, 15) is 8.42 Å². The van der Waals surface area contributed by atoms with Crippen molar-refractivity contribution in [3.8, 4) is 0 Å². The van der Waals surface area contributed by atoms with Crippen LogP contribution in [0.3, 0.4) is 0 Å². The Morgan fingerprint density at radius 3 is 1.79 bits per heavy atom. The van der Waals surface area contributed by atoms with Crippen molar-refractivity contribution in [1.82, 2.24) is 10.0 Å². The van der Waals surface area contributed by atoms with Gasteiger partial charge in [0.05, 0.1) is 17.5 Å². The molecule has 24 heavy (non-hydrogen) atoms. The SMILES string of the molecule is CN(C)N(C(c1ccccc1)c1ccccc1)[C@H]1CCS(=O)(=O)C1. The van der Waals surface area contributed by atoms with Crippen molar-refractivity contribution in [3.05, 3.63) is 71.8 Å². The Kier molecular flexibility index (Phi) is 5.04. The van der Waals surface area contributed by atoms with Gasteiger partial charge >= 0.3 is 0 Å². The Bertz CT molecular complexity index is 721. The van der Waals surface area contributed by atoms with Crippen molar-refractivity contribution in [3.63, 3.8) is 0 Å². The molecule has 3 rings (SSSR count). The maximum Gasteiger partial charge on any atom is 0.151 e. The number of hydrogen-bond donors (Lipinski definition) is 0. The van der Waals surface area contributed by atoms with E-state index in [0.717, 1.165) is 0 Å². The fourth-order valence-corrected chi connectivity index (χ4v) is 5.22. The summed E-state index contributed by atoms with van der Waals surface area (Å²) in [6, 6.07) is 20.6. The minimum absolute atomic E-state index is 0.000648. The van der Waals surface area contributed by atoms with Crippen LogP contribution in [0, 0.1) is 0 Å². The summed E-state index contributed by atoms with van der Waals surface area (Å²) >= 11 is 0. The summed E-state index contributed by atoms with van der Waals surface area (Å²) in [5, 5.41) is 4.26. The predicted octanol–water partition coefficient (Wildman–Crippen LogP) is 2.74. The zero-order chi connectivity index (χ0) is 17.2. The molecule has 2 aromatic carbocycles. The van der Waals surface area contributed by atoms with Crippen LogP contribution in [0.25, 0.3) is 0 Å². The van der Waals surface area contributed by atoms with E-state index in [4.69, 9.17) is 0 Å². The smallest absolute Gasteiger partial charge is 0.151 e. The largest absolute Gasteiger partial charge is 0.247 e. The molecule has 0 amide bonds. The third kappa shape index (κ3) is 3.69. The lowest BCUT2D eigenvalue weighted by Gasteiger charge is -2.41. The molecule has 0 aromatic heterocycles. The molecule has 5 heteroatoms. The lowest BCUT2D eigenvalue weighted by atomic mass is 9.96. The van der Waals surface area contributed by atoms with Crippen molar-refractivity contribution >= 4 is 9.84 Å². The van der Waals surface area contributed by atoms with Crippen LogP contribution in [0.15, 0.2) is 60.7 Å². The zero-order valence-electron chi connectivity index (χ0n) is 14.2. The summed E-state index contributed by atoms with van der Waals surface area (Å²) in [6.45, 7) is 0. The first-order valence-electron chi connectivity index (χ1n) is 8.24. The number of benzene rings is 2. The Hall–Kier alpha value is -1.69. The summed E-state index contributed by atoms with van der Waals surface area (Å²) in [4.78, 5) is 0. The fraction of sp³-hybridized carbons (Fsp3) is 0.368. The van der Waals surface area contributed by atoms with Crippen molar-refractivity contribution in [2.75, 3.05) is 25.6 Å². The van der Waals surface area contributed by atoms with E-state index in [-0.39, 0.29) is 23.6 Å². The molecule has 0 N–H and O–H groups in total. The highest BCUT2D eigenvalue weighted by molar-refractivity contribution is 7.91. The van der Waals surface area contributed by atoms with Gasteiger partial charge in [0.15, 0.2) is 9.84 Å². The van der Waals surface area contributed by atoms with Gasteiger partial charge in [-0.2, -0.15) is 0 Å². The minimum atomic E-state index is -2.94. The van der Waals surface area contributed by atoms with Gasteiger partial charge in [-0.05, 0) is 17.5 Å². The highest BCUT2D eigenvalue weighted by Gasteiger charge is 2.37. The van der Waals surface area contributed by atoms with E-state index in [1.54, 1.807) is 0 Å². The van der Waals surface area contributed by atoms with Crippen LogP contribution >= 0.6 is 0 Å². The van der Waals surface area contributed by atoms with Gasteiger partial charge in [-0.3, -0.25) is 0 Å². The minimum Gasteiger partial charge on any atom is -0.247 e. The number of hydrogen-bond acceptors (Lipinski definition) is 4. The molecule has 2 aromatic rings. The molecule has 4 nitrogen and oxygen atoms in total. The molecule has 0 spiro atoms. The summed E-state index contributed by atoms with van der Waals surface area (Å²) < 4.78 is 24.0. The second kappa shape index (κ2) is 7.05. The maximum absolute atomic E-state index is 12.0. The summed E-state index contributed by atoms with van der Waals surface area (Å²) in [5.74, 6) is 0.500. The van der Waals surface area contributed by atoms with E-state index in [1.165, 1.54) is 11.1 Å². The topological polar surface area (TPSA) is 40.6 Å². The number of rotatable bonds is 5. The molecule has 1 atom stereocenters. The van der Waals surface area contributed by atoms with Gasteiger partial charge in [0.2, 0.25) is 0 Å². The van der Waals surface area contributed by atoms with Gasteiger partial charge in [-0.25, -0.2) is 18.4 Å². The monoisotopic (exact) mass is 344 g/mol. The van der Waals surface area contributed by atoms with Gasteiger partial charge in [0.25, 0.3) is 0 Å². The highest BCUT2D eigenvalue weighted by Crippen LogP contribution is 2.33. The van der Waals surface area contributed by atoms with Crippen LogP contribution in [-0.4, -0.2) is 50.1 Å². The third-order valence-corrected chi connectivity index (χ3v) is 6.29. The summed E-state index contributed by atoms with van der Waals surface area (Å²) in [7, 11) is 1.04. The molecule has 1 saturated heterocycles. The molecule has 0 bridgehead atoms. The molecular formula is C19H24N2O2S. The number of sulfone groups is 1. The van der Waals surface area contributed by atoms with E-state index in [0.29, 0.717) is 6.42 Å². The lowest BCUT2D eigenvalue weighted by molar-refractivity contribution is -0.0382. The molecule has 0 aliphatic carbocycles. The Morgan fingerprint density at radius 2 is 1.42 bits per heavy atom. The van der Waals surface area contributed by atoms with Crippen LogP contribution < -0.4 is 0 Å². The Labute approximate surface area is 144 Å². The molecule has 1 heterocycles. The second-order valence-electron chi connectivity index (χ2n) is 6.51. The average Bonchev–Trinajstić information content (AvgIpc) is 2.93. The second-order valence-corrected chi connectivity index (χ2v) is 8.74. The average molecular weight is 344 g/mol. The van der Waals surface area contributed by atoms with Gasteiger partial charge in [-0.1, -0.05) is 60.7 Å². The normalized spacial score (nSPS) is 20.1. The first kappa shape index (κ1) is 17.1. The highest BCUT2D eigenvalue weighted by atomic mass is 32.2. The third-order valence-electron chi connectivity index (χ3n) is 4.54. The van der Waals surface area contributed by atoms with Crippen molar-refractivity contribution < 1.29 is 8.42 Å². The van der Waals surface area contributed by atoms with Crippen LogP contribution in [0.2, 0.25) is 0 Å². The van der Waals surface area contributed by atoms with Gasteiger partial charge < -0.3 is 0 Å². The summed E-state index contributed by atoms with van der Waals surface area (Å²) in [5.41, 5.74) is 2.34. The molecule has 128 valence electrons. The quantitative estimate of drug-likeness (QED) is 0.782. The van der Waals surface area contributed by atoms with E-state index in [1.807, 2.05) is 55.5 Å². The van der Waals surface area contributed by atoms with Crippen LogP contribution in [0.4, 0.5) is 0 Å². The zero-order valence-corrected chi connectivity index (χ0v) is 15.0. The van der Waals surface area contributed by atoms with E-state index >= 15 is 0 Å². The van der Waals surface area contributed by atoms with Crippen molar-refractivity contribution in [2.24, 2.45) is 0 Å². The standard InChI is InChI=1S/C19H24N2O2S/c1-20(2)21(18-13-14-24(22,23)15-18)19(16-9-5-3-6-10-16)17-11-7-4-8-12-17/h3-12,18-19H,13-15H2,1-2H3/t18-/m0/s1. The number of hydrazine groups is 1. The Balaban J connectivity index is 2.05. The molecule has 0 unspecified atom stereocenters. The van der Waals surface area contributed by atoms with Crippen LogP contribution in [-0.2, 0) is 9.84 Å². The van der Waals surface area contributed by atoms with Gasteiger partial charge in [-0.15, -0.1) is 0 Å². The van der Waals surface area contributed by atoms with Crippen molar-refractivity contribution in [1.29, 1.82) is 0 Å². The molecule has 0 radical (unpaired) electrons. The maximum atomic E-state index is 12.0. The van der Waals surface area contributed by atoms with Gasteiger partial charge in [0.1, 0.15) is 0 Å². The Morgan fingerprint density at radius 1 is 0.917 bits per heavy atom. The number of nitrogens with zero attached hydrogens (tertiary/aromatic N) is 2. The predicted molar refractivity (Wildman–Crippen MR) is 97.3 cm³/mol. The van der Waals surface area contributed by atoms with Gasteiger partial charge in [0, 0.05) is 20.1 Å². The molecule has 1 fully saturated rings.